The lowest BCUT2D eigenvalue weighted by molar-refractivity contribution is 0.115. The monoisotopic (exact) mass is 144 g/mol. The molecule has 1 fully saturated rings. The fraction of sp³-hybridized carbons (Fsp3) is 0.857. The normalized spacial score (nSPS) is 24.1. The molecular formula is C7H12O3. The zero-order valence-electron chi connectivity index (χ0n) is 6.13. The van der Waals surface area contributed by atoms with Gasteiger partial charge in [-0.3, -0.25) is 0 Å². The molecule has 0 aromatic rings. The number of rotatable bonds is 3. The fourth-order valence-corrected chi connectivity index (χ4v) is 0.939. The predicted octanol–water partition coefficient (Wildman–Crippen LogP) is 1.71. The lowest BCUT2D eigenvalue weighted by Gasteiger charge is -2.02. The Morgan fingerprint density at radius 3 is 3.00 bits per heavy atom. The smallest absolute Gasteiger partial charge is 0.430 e. The van der Waals surface area contributed by atoms with Gasteiger partial charge in [-0.2, -0.15) is 0 Å². The van der Waals surface area contributed by atoms with E-state index in [0.29, 0.717) is 6.61 Å². The Balaban J connectivity index is 2.12. The van der Waals surface area contributed by atoms with Gasteiger partial charge in [0.05, 0.1) is 0 Å². The van der Waals surface area contributed by atoms with Crippen molar-refractivity contribution >= 4 is 6.16 Å². The molecular weight excluding hydrogens is 132 g/mol. The first-order valence-electron chi connectivity index (χ1n) is 3.66. The molecule has 1 saturated heterocycles. The van der Waals surface area contributed by atoms with Crippen molar-refractivity contribution < 1.29 is 14.3 Å². The van der Waals surface area contributed by atoms with Crippen LogP contribution in [0.2, 0.25) is 0 Å². The molecule has 3 heteroatoms. The number of unbranched alkanes of at least 4 members (excludes halogenated alkanes) is 1. The standard InChI is InChI=1S/C7H12O3/c1-2-3-4-6-5-9-7(8)10-6/h6H,2-5H2,1H3/t6-/m0/s1. The van der Waals surface area contributed by atoms with E-state index in [1.165, 1.54) is 0 Å². The third-order valence-electron chi connectivity index (χ3n) is 1.53. The molecule has 58 valence electrons. The second kappa shape index (κ2) is 3.44. The number of carbonyl (C=O) groups excluding carboxylic acids is 1. The molecule has 0 unspecified atom stereocenters. The van der Waals surface area contributed by atoms with Crippen LogP contribution >= 0.6 is 0 Å². The van der Waals surface area contributed by atoms with Gasteiger partial charge in [-0.15, -0.1) is 0 Å². The zero-order chi connectivity index (χ0) is 7.40. The summed E-state index contributed by atoms with van der Waals surface area (Å²) in [5.74, 6) is 0. The van der Waals surface area contributed by atoms with Gasteiger partial charge in [0, 0.05) is 0 Å². The summed E-state index contributed by atoms with van der Waals surface area (Å²) in [6, 6.07) is 0. The number of hydrogen-bond donors (Lipinski definition) is 0. The highest BCUT2D eigenvalue weighted by Gasteiger charge is 2.23. The second-order valence-electron chi connectivity index (χ2n) is 2.44. The average molecular weight is 144 g/mol. The van der Waals surface area contributed by atoms with Gasteiger partial charge >= 0.3 is 6.16 Å². The van der Waals surface area contributed by atoms with Crippen LogP contribution in [0.3, 0.4) is 0 Å². The Morgan fingerprint density at radius 2 is 2.50 bits per heavy atom. The Morgan fingerprint density at radius 1 is 1.70 bits per heavy atom. The lowest BCUT2D eigenvalue weighted by Crippen LogP contribution is -2.08. The van der Waals surface area contributed by atoms with Crippen LogP contribution < -0.4 is 0 Å². The Kier molecular flexibility index (Phi) is 2.54. The van der Waals surface area contributed by atoms with Crippen LogP contribution in [0.15, 0.2) is 0 Å². The van der Waals surface area contributed by atoms with Crippen molar-refractivity contribution in [3.8, 4) is 0 Å². The molecule has 0 aliphatic carbocycles. The summed E-state index contributed by atoms with van der Waals surface area (Å²) >= 11 is 0. The summed E-state index contributed by atoms with van der Waals surface area (Å²) < 4.78 is 9.40. The zero-order valence-corrected chi connectivity index (χ0v) is 6.13. The van der Waals surface area contributed by atoms with E-state index < -0.39 is 6.16 Å². The molecule has 1 atom stereocenters. The number of hydrogen-bond acceptors (Lipinski definition) is 3. The van der Waals surface area contributed by atoms with E-state index in [4.69, 9.17) is 4.74 Å². The lowest BCUT2D eigenvalue weighted by atomic mass is 10.2. The van der Waals surface area contributed by atoms with E-state index >= 15 is 0 Å². The van der Waals surface area contributed by atoms with E-state index in [-0.39, 0.29) is 6.10 Å². The number of carbonyl (C=O) groups is 1. The first-order valence-corrected chi connectivity index (χ1v) is 3.66. The fourth-order valence-electron chi connectivity index (χ4n) is 0.939. The van der Waals surface area contributed by atoms with Crippen molar-refractivity contribution in [2.45, 2.75) is 32.3 Å². The Hall–Kier alpha value is -0.730. The van der Waals surface area contributed by atoms with Crippen molar-refractivity contribution in [1.82, 2.24) is 0 Å². The van der Waals surface area contributed by atoms with Crippen LogP contribution in [-0.4, -0.2) is 18.9 Å². The SMILES string of the molecule is CCCC[C@H]1COC(=O)O1. The molecule has 3 nitrogen and oxygen atoms in total. The first kappa shape index (κ1) is 7.38. The summed E-state index contributed by atoms with van der Waals surface area (Å²) in [6.07, 6.45) is 2.67. The van der Waals surface area contributed by atoms with Crippen LogP contribution in [0.5, 0.6) is 0 Å². The van der Waals surface area contributed by atoms with Gasteiger partial charge < -0.3 is 9.47 Å². The highest BCUT2D eigenvalue weighted by atomic mass is 16.8. The van der Waals surface area contributed by atoms with E-state index in [1.54, 1.807) is 0 Å². The van der Waals surface area contributed by atoms with E-state index in [0.717, 1.165) is 19.3 Å². The molecule has 1 rings (SSSR count). The van der Waals surface area contributed by atoms with Crippen molar-refractivity contribution in [2.24, 2.45) is 0 Å². The summed E-state index contributed by atoms with van der Waals surface area (Å²) in [4.78, 5) is 10.4. The molecule has 0 radical (unpaired) electrons. The first-order chi connectivity index (χ1) is 4.83. The second-order valence-corrected chi connectivity index (χ2v) is 2.44. The van der Waals surface area contributed by atoms with Crippen molar-refractivity contribution in [1.29, 1.82) is 0 Å². The van der Waals surface area contributed by atoms with Crippen LogP contribution in [0.25, 0.3) is 0 Å². The van der Waals surface area contributed by atoms with Crippen molar-refractivity contribution in [3.05, 3.63) is 0 Å². The van der Waals surface area contributed by atoms with Crippen LogP contribution in [0.4, 0.5) is 4.79 Å². The molecule has 0 spiro atoms. The van der Waals surface area contributed by atoms with Gasteiger partial charge in [0.15, 0.2) is 0 Å². The summed E-state index contributed by atoms with van der Waals surface area (Å²) in [5, 5.41) is 0. The molecule has 0 saturated carbocycles. The molecule has 0 N–H and O–H groups in total. The molecule has 1 heterocycles. The summed E-state index contributed by atoms with van der Waals surface area (Å²) in [6.45, 7) is 2.55. The topological polar surface area (TPSA) is 35.5 Å². The molecule has 0 amide bonds. The summed E-state index contributed by atoms with van der Waals surface area (Å²) in [7, 11) is 0. The maximum Gasteiger partial charge on any atom is 0.508 e. The highest BCUT2D eigenvalue weighted by Crippen LogP contribution is 2.12. The van der Waals surface area contributed by atoms with E-state index in [2.05, 4.69) is 11.7 Å². The van der Waals surface area contributed by atoms with Crippen molar-refractivity contribution in [3.63, 3.8) is 0 Å². The Labute approximate surface area is 60.3 Å². The molecule has 0 aromatic heterocycles. The molecule has 10 heavy (non-hydrogen) atoms. The summed E-state index contributed by atoms with van der Waals surface area (Å²) in [5.41, 5.74) is 0. The molecule has 0 aromatic carbocycles. The maximum absolute atomic E-state index is 10.4. The van der Waals surface area contributed by atoms with Crippen molar-refractivity contribution in [2.75, 3.05) is 6.61 Å². The maximum atomic E-state index is 10.4. The van der Waals surface area contributed by atoms with Gasteiger partial charge in [-0.05, 0) is 12.8 Å². The predicted molar refractivity (Wildman–Crippen MR) is 35.7 cm³/mol. The third-order valence-corrected chi connectivity index (χ3v) is 1.53. The van der Waals surface area contributed by atoms with Crippen LogP contribution in [0, 0.1) is 0 Å². The number of ether oxygens (including phenoxy) is 2. The van der Waals surface area contributed by atoms with Gasteiger partial charge in [0.25, 0.3) is 0 Å². The minimum atomic E-state index is -0.513. The van der Waals surface area contributed by atoms with Gasteiger partial charge in [0.2, 0.25) is 0 Å². The molecule has 1 aliphatic heterocycles. The molecule has 0 bridgehead atoms. The molecule has 1 aliphatic rings. The van der Waals surface area contributed by atoms with Gasteiger partial charge in [0.1, 0.15) is 12.7 Å². The quantitative estimate of drug-likeness (QED) is 0.565. The largest absolute Gasteiger partial charge is 0.508 e. The van der Waals surface area contributed by atoms with E-state index in [1.807, 2.05) is 0 Å². The minimum Gasteiger partial charge on any atom is -0.430 e. The Bertz CT molecular complexity index is 122. The highest BCUT2D eigenvalue weighted by molar-refractivity contribution is 5.61. The van der Waals surface area contributed by atoms with Crippen LogP contribution in [0.1, 0.15) is 26.2 Å². The third kappa shape index (κ3) is 1.90. The van der Waals surface area contributed by atoms with Gasteiger partial charge in [-0.1, -0.05) is 13.3 Å². The number of cyclic esters (lactones) is 2. The van der Waals surface area contributed by atoms with E-state index in [9.17, 15) is 4.79 Å². The van der Waals surface area contributed by atoms with Crippen LogP contribution in [-0.2, 0) is 9.47 Å². The minimum absolute atomic E-state index is 0.0208. The van der Waals surface area contributed by atoms with Gasteiger partial charge in [-0.25, -0.2) is 4.79 Å². The average Bonchev–Trinajstić information content (AvgIpc) is 2.31.